The Labute approximate surface area is 447 Å². The number of hydrogen-bond acceptors (Lipinski definition) is 6. The number of ether oxygens (including phenoxy) is 3. The fourth-order valence-corrected chi connectivity index (χ4v) is 6.96. The maximum atomic E-state index is 12.9. The summed E-state index contributed by atoms with van der Waals surface area (Å²) >= 11 is 0. The van der Waals surface area contributed by atoms with Crippen molar-refractivity contribution in [1.82, 2.24) is 0 Å². The van der Waals surface area contributed by atoms with Crippen LogP contribution in [0.3, 0.4) is 0 Å². The van der Waals surface area contributed by atoms with Gasteiger partial charge < -0.3 is 14.2 Å². The molecule has 1 atom stereocenters. The van der Waals surface area contributed by atoms with Gasteiger partial charge in [-0.25, -0.2) is 0 Å². The third-order valence-electron chi connectivity index (χ3n) is 11.2. The Hall–Kier alpha value is -5.23. The minimum atomic E-state index is -0.835. The molecule has 6 nitrogen and oxygen atoms in total. The Morgan fingerprint density at radius 1 is 0.288 bits per heavy atom. The van der Waals surface area contributed by atoms with Gasteiger partial charge in [-0.3, -0.25) is 14.4 Å². The summed E-state index contributed by atoms with van der Waals surface area (Å²) < 4.78 is 16.8. The van der Waals surface area contributed by atoms with Crippen molar-refractivity contribution < 1.29 is 28.6 Å². The van der Waals surface area contributed by atoms with Gasteiger partial charge in [0.1, 0.15) is 13.2 Å². The fraction of sp³-hybridized carbons (Fsp3) is 0.537. The molecule has 6 heteroatoms. The predicted molar refractivity (Wildman–Crippen MR) is 315 cm³/mol. The maximum Gasteiger partial charge on any atom is 0.306 e. The van der Waals surface area contributed by atoms with Crippen LogP contribution in [-0.4, -0.2) is 37.2 Å². The molecule has 0 aliphatic carbocycles. The highest BCUT2D eigenvalue weighted by atomic mass is 16.6. The third-order valence-corrected chi connectivity index (χ3v) is 11.2. The van der Waals surface area contributed by atoms with Gasteiger partial charge in [-0.1, -0.05) is 223 Å². The molecule has 0 heterocycles. The summed E-state index contributed by atoms with van der Waals surface area (Å²) in [5, 5.41) is 0. The SMILES string of the molecule is CC/C=C\C/C=C\C/C=C\C/C=C\C/C=C\C/C=C\C/C=C\CCCC(=O)OCC(COC(=O)CCCCCCC/C=C\C/C=C\CCC)OC(=O)CCCCC/C=C\C/C=C\C/C=C\C/C=C\C/C=C\CC. The van der Waals surface area contributed by atoms with Crippen molar-refractivity contribution >= 4 is 17.9 Å². The summed E-state index contributed by atoms with van der Waals surface area (Å²) in [6.07, 6.45) is 87.7. The Kier molecular flexibility index (Phi) is 55.1. The first-order valence-electron chi connectivity index (χ1n) is 28.6. The molecular formula is C67H102O6. The summed E-state index contributed by atoms with van der Waals surface area (Å²) in [4.78, 5) is 38.1. The second-order valence-electron chi connectivity index (χ2n) is 18.1. The number of unbranched alkanes of at least 4 members (excludes halogenated alkanes) is 10. The Morgan fingerprint density at radius 2 is 0.548 bits per heavy atom. The predicted octanol–water partition coefficient (Wildman–Crippen LogP) is 19.5. The number of allylic oxidation sites excluding steroid dienone is 28. The molecule has 0 saturated carbocycles. The molecule has 0 aromatic carbocycles. The van der Waals surface area contributed by atoms with Gasteiger partial charge in [0.2, 0.25) is 0 Å². The van der Waals surface area contributed by atoms with Gasteiger partial charge in [-0.2, -0.15) is 0 Å². The van der Waals surface area contributed by atoms with Crippen molar-refractivity contribution in [1.29, 1.82) is 0 Å². The van der Waals surface area contributed by atoms with Crippen LogP contribution in [0.2, 0.25) is 0 Å². The van der Waals surface area contributed by atoms with Crippen molar-refractivity contribution in [2.75, 3.05) is 13.2 Å². The monoisotopic (exact) mass is 1000 g/mol. The van der Waals surface area contributed by atoms with E-state index in [2.05, 4.69) is 191 Å². The summed E-state index contributed by atoms with van der Waals surface area (Å²) in [7, 11) is 0. The molecule has 406 valence electrons. The number of hydrogen-bond donors (Lipinski definition) is 0. The zero-order valence-electron chi connectivity index (χ0n) is 46.3. The average Bonchev–Trinajstić information content (AvgIpc) is 3.39. The number of carbonyl (C=O) groups is 3. The quantitative estimate of drug-likeness (QED) is 0.0261. The van der Waals surface area contributed by atoms with E-state index in [0.717, 1.165) is 154 Å². The molecule has 1 unspecified atom stereocenters. The number of carbonyl (C=O) groups excluding carboxylic acids is 3. The van der Waals surface area contributed by atoms with Crippen LogP contribution >= 0.6 is 0 Å². The van der Waals surface area contributed by atoms with Gasteiger partial charge >= 0.3 is 17.9 Å². The molecule has 0 aromatic heterocycles. The largest absolute Gasteiger partial charge is 0.462 e. The average molecular weight is 1000 g/mol. The van der Waals surface area contributed by atoms with Crippen LogP contribution in [0.15, 0.2) is 170 Å². The van der Waals surface area contributed by atoms with E-state index in [1.807, 2.05) is 0 Å². The summed E-state index contributed by atoms with van der Waals surface area (Å²) in [6, 6.07) is 0. The Bertz CT molecular complexity index is 1720. The lowest BCUT2D eigenvalue weighted by Crippen LogP contribution is -2.30. The van der Waals surface area contributed by atoms with Gasteiger partial charge in [0.25, 0.3) is 0 Å². The van der Waals surface area contributed by atoms with E-state index in [1.165, 1.54) is 6.42 Å². The van der Waals surface area contributed by atoms with Crippen molar-refractivity contribution in [3.05, 3.63) is 170 Å². The van der Waals surface area contributed by atoms with Crippen molar-refractivity contribution in [2.45, 2.75) is 219 Å². The normalized spacial score (nSPS) is 13.4. The van der Waals surface area contributed by atoms with Crippen molar-refractivity contribution in [3.63, 3.8) is 0 Å². The molecule has 0 amide bonds. The van der Waals surface area contributed by atoms with Gasteiger partial charge in [-0.05, 0) is 141 Å². The Balaban J connectivity index is 4.58. The minimum Gasteiger partial charge on any atom is -0.462 e. The molecule has 0 bridgehead atoms. The lowest BCUT2D eigenvalue weighted by molar-refractivity contribution is -0.167. The van der Waals surface area contributed by atoms with Gasteiger partial charge in [0.15, 0.2) is 6.10 Å². The molecule has 0 N–H and O–H groups in total. The van der Waals surface area contributed by atoms with Crippen molar-refractivity contribution in [2.24, 2.45) is 0 Å². The zero-order valence-corrected chi connectivity index (χ0v) is 46.3. The first kappa shape index (κ1) is 67.8. The van der Waals surface area contributed by atoms with E-state index < -0.39 is 6.10 Å². The van der Waals surface area contributed by atoms with E-state index in [1.54, 1.807) is 0 Å². The fourth-order valence-electron chi connectivity index (χ4n) is 6.96. The standard InChI is InChI=1S/C67H102O6/c1-4-7-10-13-16-19-22-25-27-29-31-32-33-34-36-37-39-42-45-48-51-54-57-60-66(69)72-63-64(62-71-65(68)59-56-53-50-47-44-41-24-21-18-15-12-9-6-3)73-67(70)61-58-55-52-49-46-43-40-38-35-30-28-26-23-20-17-14-11-8-5-2/h7-8,10-12,15-17,19-21,24-28,31-32,34-36,38-39,42-43,46,48,51,64H,4-6,9,13-14,18,22-23,29-30,33,37,40-41,44-45,47,49-50,52-63H2,1-3H3/b10-7-,11-8-,15-12-,19-16-,20-17-,24-21-,27-25-,28-26-,32-31-,36-34-,38-35-,42-39-,46-43-,51-48-. The first-order valence-corrected chi connectivity index (χ1v) is 28.6. The lowest BCUT2D eigenvalue weighted by atomic mass is 10.1. The smallest absolute Gasteiger partial charge is 0.306 e. The molecule has 73 heavy (non-hydrogen) atoms. The molecule has 0 spiro atoms. The summed E-state index contributed by atoms with van der Waals surface area (Å²) in [5.74, 6) is -1.05. The topological polar surface area (TPSA) is 78.9 Å². The summed E-state index contributed by atoms with van der Waals surface area (Å²) in [5.41, 5.74) is 0. The van der Waals surface area contributed by atoms with Crippen LogP contribution in [0.25, 0.3) is 0 Å². The molecule has 0 fully saturated rings. The number of rotatable bonds is 49. The van der Waals surface area contributed by atoms with E-state index >= 15 is 0 Å². The maximum absolute atomic E-state index is 12.9. The van der Waals surface area contributed by atoms with Crippen LogP contribution in [0, 0.1) is 0 Å². The molecule has 0 rings (SSSR count). The molecule has 0 saturated heterocycles. The van der Waals surface area contributed by atoms with E-state index in [0.29, 0.717) is 19.3 Å². The highest BCUT2D eigenvalue weighted by Gasteiger charge is 2.19. The van der Waals surface area contributed by atoms with Gasteiger partial charge in [0, 0.05) is 19.3 Å². The van der Waals surface area contributed by atoms with Crippen LogP contribution in [0.5, 0.6) is 0 Å². The lowest BCUT2D eigenvalue weighted by Gasteiger charge is -2.18. The minimum absolute atomic E-state index is 0.126. The van der Waals surface area contributed by atoms with E-state index in [9.17, 15) is 14.4 Å². The van der Waals surface area contributed by atoms with Crippen molar-refractivity contribution in [3.8, 4) is 0 Å². The highest BCUT2D eigenvalue weighted by Crippen LogP contribution is 2.12. The van der Waals surface area contributed by atoms with Crippen LogP contribution in [0.1, 0.15) is 213 Å². The van der Waals surface area contributed by atoms with Crippen LogP contribution < -0.4 is 0 Å². The number of esters is 3. The summed E-state index contributed by atoms with van der Waals surface area (Å²) in [6.45, 7) is 6.23. The van der Waals surface area contributed by atoms with Crippen LogP contribution in [0.4, 0.5) is 0 Å². The molecule has 0 aliphatic heterocycles. The third kappa shape index (κ3) is 57.5. The molecule has 0 radical (unpaired) electrons. The zero-order chi connectivity index (χ0) is 52.9. The Morgan fingerprint density at radius 3 is 0.904 bits per heavy atom. The molecular weight excluding hydrogens is 901 g/mol. The van der Waals surface area contributed by atoms with E-state index in [4.69, 9.17) is 14.2 Å². The molecule has 0 aromatic rings. The van der Waals surface area contributed by atoms with Gasteiger partial charge in [0.05, 0.1) is 0 Å². The van der Waals surface area contributed by atoms with Gasteiger partial charge in [-0.15, -0.1) is 0 Å². The first-order chi connectivity index (χ1) is 36.0. The van der Waals surface area contributed by atoms with E-state index in [-0.39, 0.29) is 44.0 Å². The second-order valence-corrected chi connectivity index (χ2v) is 18.1. The van der Waals surface area contributed by atoms with Crippen LogP contribution in [-0.2, 0) is 28.6 Å². The molecule has 0 aliphatic rings. The highest BCUT2D eigenvalue weighted by molar-refractivity contribution is 5.71. The second kappa shape index (κ2) is 59.3.